The van der Waals surface area contributed by atoms with Crippen LogP contribution in [0, 0.1) is 0 Å². The molecule has 0 aliphatic carbocycles. The average Bonchev–Trinajstić information content (AvgIpc) is 2.05. The van der Waals surface area contributed by atoms with Crippen LogP contribution in [0.3, 0.4) is 0 Å². The fourth-order valence-electron chi connectivity index (χ4n) is 0.857. The Balaban J connectivity index is 2.91. The monoisotopic (exact) mass is 148 g/mol. The lowest BCUT2D eigenvalue weighted by Crippen LogP contribution is -1.92. The number of carbonyl (C=O) groups excluding carboxylic acids is 1. The number of hydrogen-bond acceptors (Lipinski definition) is 1. The zero-order chi connectivity index (χ0) is 8.27. The van der Waals surface area contributed by atoms with E-state index in [-0.39, 0.29) is 12.3 Å². The van der Waals surface area contributed by atoms with Gasteiger partial charge in [-0.25, -0.2) is 0 Å². The van der Waals surface area contributed by atoms with Crippen molar-refractivity contribution in [3.8, 4) is 0 Å². The summed E-state index contributed by atoms with van der Waals surface area (Å²) >= 11 is 0. The van der Waals surface area contributed by atoms with Crippen LogP contribution in [0.15, 0.2) is 24.3 Å². The van der Waals surface area contributed by atoms with Gasteiger partial charge in [-0.2, -0.15) is 0 Å². The van der Waals surface area contributed by atoms with Crippen LogP contribution < -0.4 is 5.73 Å². The molecule has 0 aromatic heterocycles. The molecule has 11 heavy (non-hydrogen) atoms. The maximum atomic E-state index is 10.8. The maximum Gasteiger partial charge on any atom is 0.159 e. The second kappa shape index (κ2) is 3.30. The second-order valence-corrected chi connectivity index (χ2v) is 2.43. The van der Waals surface area contributed by atoms with Crippen molar-refractivity contribution in [2.75, 3.05) is 0 Å². The summed E-state index contributed by atoms with van der Waals surface area (Å²) in [6.45, 7) is 1.81. The van der Waals surface area contributed by atoms with Crippen LogP contribution in [-0.4, -0.2) is 5.78 Å². The van der Waals surface area contributed by atoms with E-state index in [4.69, 9.17) is 5.73 Å². The topological polar surface area (TPSA) is 40.9 Å². The van der Waals surface area contributed by atoms with E-state index in [1.165, 1.54) is 6.92 Å². The normalized spacial score (nSPS) is 9.64. The van der Waals surface area contributed by atoms with E-state index in [1.54, 1.807) is 12.1 Å². The summed E-state index contributed by atoms with van der Waals surface area (Å²) in [4.78, 5) is 10.8. The predicted octanol–water partition coefficient (Wildman–Crippen LogP) is 1.67. The Bertz CT molecular complexity index is 251. The molecule has 1 rings (SSSR count). The van der Waals surface area contributed by atoms with Gasteiger partial charge in [-0.05, 0) is 12.5 Å². The summed E-state index contributed by atoms with van der Waals surface area (Å²) < 4.78 is 0. The minimum absolute atomic E-state index is 0.0709. The Morgan fingerprint density at radius 1 is 1.36 bits per heavy atom. The van der Waals surface area contributed by atoms with E-state index < -0.39 is 0 Å². The maximum absolute atomic E-state index is 10.8. The van der Waals surface area contributed by atoms with Crippen molar-refractivity contribution in [3.63, 3.8) is 0 Å². The third kappa shape index (κ3) is 1.88. The molecule has 0 unspecified atom stereocenters. The minimum Gasteiger partial charge on any atom is -0.295 e. The number of rotatable bonds is 2. The second-order valence-electron chi connectivity index (χ2n) is 2.43. The van der Waals surface area contributed by atoms with Crippen LogP contribution in [0.1, 0.15) is 22.8 Å². The standard InChI is InChI=1S/C9H10NO/c1-7(11)9-4-2-8(6-10)3-5-9/h2-5,10H,6H2,1H3. The Kier molecular flexibility index (Phi) is 2.39. The van der Waals surface area contributed by atoms with Gasteiger partial charge in [0, 0.05) is 12.1 Å². The Hall–Kier alpha value is -1.15. The molecule has 1 radical (unpaired) electrons. The van der Waals surface area contributed by atoms with E-state index in [2.05, 4.69) is 0 Å². The van der Waals surface area contributed by atoms with Crippen LogP contribution in [0.25, 0.3) is 0 Å². The van der Waals surface area contributed by atoms with Gasteiger partial charge in [0.15, 0.2) is 5.78 Å². The summed E-state index contributed by atoms with van der Waals surface area (Å²) in [5.74, 6) is 0.0709. The van der Waals surface area contributed by atoms with Gasteiger partial charge in [0.05, 0.1) is 0 Å². The number of nitrogens with one attached hydrogen (secondary N) is 1. The third-order valence-corrected chi connectivity index (χ3v) is 1.56. The van der Waals surface area contributed by atoms with Gasteiger partial charge in [-0.1, -0.05) is 24.3 Å². The first-order valence-corrected chi connectivity index (χ1v) is 3.48. The molecule has 0 amide bonds. The SMILES string of the molecule is CC(=O)c1ccc(C[NH])cc1. The first-order valence-electron chi connectivity index (χ1n) is 3.48. The van der Waals surface area contributed by atoms with Gasteiger partial charge in [-0.3, -0.25) is 10.5 Å². The molecule has 1 N–H and O–H groups in total. The van der Waals surface area contributed by atoms with Gasteiger partial charge in [0.2, 0.25) is 0 Å². The molecule has 0 fully saturated rings. The van der Waals surface area contributed by atoms with Crippen molar-refractivity contribution >= 4 is 5.78 Å². The molecule has 0 aliphatic heterocycles. The summed E-state index contributed by atoms with van der Waals surface area (Å²) in [7, 11) is 0. The van der Waals surface area contributed by atoms with Crippen molar-refractivity contribution in [1.82, 2.24) is 5.73 Å². The molecule has 0 heterocycles. The molecular formula is C9H10NO. The zero-order valence-corrected chi connectivity index (χ0v) is 6.42. The van der Waals surface area contributed by atoms with Gasteiger partial charge < -0.3 is 0 Å². The number of carbonyl (C=O) groups is 1. The highest BCUT2D eigenvalue weighted by molar-refractivity contribution is 5.93. The van der Waals surface area contributed by atoms with Crippen LogP contribution >= 0.6 is 0 Å². The van der Waals surface area contributed by atoms with Crippen LogP contribution in [-0.2, 0) is 6.54 Å². The smallest absolute Gasteiger partial charge is 0.159 e. The largest absolute Gasteiger partial charge is 0.295 e. The number of hydrogen-bond donors (Lipinski definition) is 0. The van der Waals surface area contributed by atoms with Crippen molar-refractivity contribution in [2.45, 2.75) is 13.5 Å². The fraction of sp³-hybridized carbons (Fsp3) is 0.222. The van der Waals surface area contributed by atoms with E-state index in [0.717, 1.165) is 5.56 Å². The average molecular weight is 148 g/mol. The fourth-order valence-corrected chi connectivity index (χ4v) is 0.857. The quantitative estimate of drug-likeness (QED) is 0.588. The number of ketones is 1. The van der Waals surface area contributed by atoms with Gasteiger partial charge in [0.25, 0.3) is 0 Å². The molecule has 2 heteroatoms. The highest BCUT2D eigenvalue weighted by atomic mass is 16.1. The summed E-state index contributed by atoms with van der Waals surface area (Å²) in [6.07, 6.45) is 0. The van der Waals surface area contributed by atoms with Gasteiger partial charge in [0.1, 0.15) is 0 Å². The lowest BCUT2D eigenvalue weighted by Gasteiger charge is -1.96. The number of benzene rings is 1. The molecule has 57 valence electrons. The molecule has 1 aromatic carbocycles. The molecule has 0 aliphatic rings. The molecule has 0 saturated heterocycles. The van der Waals surface area contributed by atoms with Gasteiger partial charge >= 0.3 is 0 Å². The molecule has 0 saturated carbocycles. The Morgan fingerprint density at radius 3 is 2.27 bits per heavy atom. The van der Waals surface area contributed by atoms with E-state index in [1.807, 2.05) is 12.1 Å². The predicted molar refractivity (Wildman–Crippen MR) is 43.2 cm³/mol. The summed E-state index contributed by atoms with van der Waals surface area (Å²) in [5, 5.41) is 0. The molecule has 0 spiro atoms. The molecule has 0 bridgehead atoms. The lowest BCUT2D eigenvalue weighted by atomic mass is 10.1. The highest BCUT2D eigenvalue weighted by Gasteiger charge is 1.96. The highest BCUT2D eigenvalue weighted by Crippen LogP contribution is 2.04. The molecule has 2 nitrogen and oxygen atoms in total. The molecule has 1 aromatic rings. The van der Waals surface area contributed by atoms with Crippen molar-refractivity contribution < 1.29 is 4.79 Å². The third-order valence-electron chi connectivity index (χ3n) is 1.56. The van der Waals surface area contributed by atoms with Crippen molar-refractivity contribution in [3.05, 3.63) is 35.4 Å². The summed E-state index contributed by atoms with van der Waals surface area (Å²) in [5.41, 5.74) is 8.69. The van der Waals surface area contributed by atoms with E-state index in [0.29, 0.717) is 5.56 Å². The van der Waals surface area contributed by atoms with Crippen LogP contribution in [0.4, 0.5) is 0 Å². The first-order chi connectivity index (χ1) is 5.24. The minimum atomic E-state index is 0.0709. The Labute approximate surface area is 66.0 Å². The molecular weight excluding hydrogens is 138 g/mol. The van der Waals surface area contributed by atoms with Crippen LogP contribution in [0.5, 0.6) is 0 Å². The number of Topliss-reactive ketones (excluding diaryl/α,β-unsaturated/α-hetero) is 1. The van der Waals surface area contributed by atoms with Crippen LogP contribution in [0.2, 0.25) is 0 Å². The lowest BCUT2D eigenvalue weighted by molar-refractivity contribution is 0.101. The van der Waals surface area contributed by atoms with Gasteiger partial charge in [-0.15, -0.1) is 0 Å². The first kappa shape index (κ1) is 7.95. The zero-order valence-electron chi connectivity index (χ0n) is 6.42. The van der Waals surface area contributed by atoms with E-state index in [9.17, 15) is 4.79 Å². The molecule has 0 atom stereocenters. The van der Waals surface area contributed by atoms with Crippen molar-refractivity contribution in [2.24, 2.45) is 0 Å². The van der Waals surface area contributed by atoms with E-state index >= 15 is 0 Å². The Morgan fingerprint density at radius 2 is 1.91 bits per heavy atom. The summed E-state index contributed by atoms with van der Waals surface area (Å²) in [6, 6.07) is 7.13. The van der Waals surface area contributed by atoms with Crippen molar-refractivity contribution in [1.29, 1.82) is 0 Å².